The van der Waals surface area contributed by atoms with Gasteiger partial charge in [-0.25, -0.2) is 13.2 Å². The zero-order valence-electron chi connectivity index (χ0n) is 20.2. The molecule has 3 N–H and O–H groups in total. The molecule has 0 spiro atoms. The van der Waals surface area contributed by atoms with Crippen molar-refractivity contribution in [1.82, 2.24) is 9.88 Å². The molecule has 0 bridgehead atoms. The van der Waals surface area contributed by atoms with Crippen LogP contribution in [0.5, 0.6) is 0 Å². The van der Waals surface area contributed by atoms with Crippen LogP contribution >= 0.6 is 0 Å². The lowest BCUT2D eigenvalue weighted by Gasteiger charge is -2.15. The minimum absolute atomic E-state index is 0.0467. The second kappa shape index (κ2) is 11.5. The standard InChI is InChI=1S/C28H25F3N2O5/c29-19-7-4-16(5-8-19)14-33-15-17(10-18-6-9-20(30)12-22(18)31)11-21(28(33)38)25(35)13-26(36)27(37)32-23-2-1-3-24(23)34/h4-9,11-13,15,23-24,34,36H,1-3,10,14H2,(H,32,37). The van der Waals surface area contributed by atoms with E-state index in [2.05, 4.69) is 5.32 Å². The maximum absolute atomic E-state index is 14.3. The minimum atomic E-state index is -0.972. The molecule has 198 valence electrons. The highest BCUT2D eigenvalue weighted by molar-refractivity contribution is 6.08. The molecule has 1 aromatic heterocycles. The number of nitrogens with one attached hydrogen (secondary N) is 1. The zero-order chi connectivity index (χ0) is 27.4. The normalized spacial score (nSPS) is 17.4. The molecule has 0 aliphatic heterocycles. The highest BCUT2D eigenvalue weighted by atomic mass is 19.1. The van der Waals surface area contributed by atoms with Crippen molar-refractivity contribution in [2.45, 2.75) is 44.4 Å². The summed E-state index contributed by atoms with van der Waals surface area (Å²) < 4.78 is 42.2. The molecule has 2 atom stereocenters. The smallest absolute Gasteiger partial charge is 0.286 e. The summed E-state index contributed by atoms with van der Waals surface area (Å²) in [5.74, 6) is -4.91. The second-order valence-electron chi connectivity index (χ2n) is 9.21. The topological polar surface area (TPSA) is 109 Å². The molecule has 0 radical (unpaired) electrons. The van der Waals surface area contributed by atoms with Gasteiger partial charge in [0.15, 0.2) is 11.5 Å². The molecule has 1 fully saturated rings. The van der Waals surface area contributed by atoms with Gasteiger partial charge >= 0.3 is 0 Å². The predicted molar refractivity (Wildman–Crippen MR) is 132 cm³/mol. The van der Waals surface area contributed by atoms with Crippen LogP contribution in [0.3, 0.4) is 0 Å². The first-order valence-electron chi connectivity index (χ1n) is 12.0. The SMILES string of the molecule is O=C(NC1CCCC1O)C(O)=CC(=O)c1cc(Cc2ccc(F)cc2F)cn(Cc2ccc(F)cc2)c1=O. The van der Waals surface area contributed by atoms with Crippen molar-refractivity contribution in [2.24, 2.45) is 0 Å². The fraction of sp³-hybridized carbons (Fsp3) is 0.250. The maximum Gasteiger partial charge on any atom is 0.286 e. The number of allylic oxidation sites excluding steroid dienone is 1. The third-order valence-corrected chi connectivity index (χ3v) is 6.38. The number of halogens is 3. The van der Waals surface area contributed by atoms with Gasteiger partial charge in [-0.15, -0.1) is 0 Å². The van der Waals surface area contributed by atoms with Crippen molar-refractivity contribution in [3.8, 4) is 0 Å². The largest absolute Gasteiger partial charge is 0.503 e. The van der Waals surface area contributed by atoms with E-state index in [0.29, 0.717) is 36.5 Å². The van der Waals surface area contributed by atoms with Crippen molar-refractivity contribution < 1.29 is 33.0 Å². The first-order valence-corrected chi connectivity index (χ1v) is 12.0. The fourth-order valence-corrected chi connectivity index (χ4v) is 4.38. The van der Waals surface area contributed by atoms with Crippen molar-refractivity contribution in [3.63, 3.8) is 0 Å². The molecule has 1 amide bonds. The van der Waals surface area contributed by atoms with E-state index in [-0.39, 0.29) is 18.5 Å². The molecule has 0 saturated heterocycles. The number of aromatic nitrogens is 1. The summed E-state index contributed by atoms with van der Waals surface area (Å²) in [6, 6.07) is 9.06. The Hall–Kier alpha value is -4.18. The average molecular weight is 527 g/mol. The number of benzene rings is 2. The Morgan fingerprint density at radius 2 is 1.71 bits per heavy atom. The Balaban J connectivity index is 1.67. The lowest BCUT2D eigenvalue weighted by molar-refractivity contribution is -0.121. The number of aliphatic hydroxyl groups excluding tert-OH is 2. The molecule has 1 aliphatic rings. The van der Waals surface area contributed by atoms with E-state index < -0.39 is 58.2 Å². The molecule has 1 saturated carbocycles. The van der Waals surface area contributed by atoms with Crippen LogP contribution in [0.2, 0.25) is 0 Å². The van der Waals surface area contributed by atoms with Gasteiger partial charge in [0.05, 0.1) is 24.3 Å². The minimum Gasteiger partial charge on any atom is -0.503 e. The van der Waals surface area contributed by atoms with E-state index in [1.807, 2.05) is 0 Å². The van der Waals surface area contributed by atoms with Gasteiger partial charge in [0, 0.05) is 24.8 Å². The van der Waals surface area contributed by atoms with Gasteiger partial charge in [0.25, 0.3) is 11.5 Å². The van der Waals surface area contributed by atoms with Crippen LogP contribution in [0, 0.1) is 17.5 Å². The van der Waals surface area contributed by atoms with Crippen molar-refractivity contribution in [2.75, 3.05) is 0 Å². The summed E-state index contributed by atoms with van der Waals surface area (Å²) >= 11 is 0. The Morgan fingerprint density at radius 1 is 1.00 bits per heavy atom. The monoisotopic (exact) mass is 526 g/mol. The van der Waals surface area contributed by atoms with E-state index in [1.165, 1.54) is 47.2 Å². The van der Waals surface area contributed by atoms with Gasteiger partial charge < -0.3 is 20.1 Å². The Kier molecular flexibility index (Phi) is 8.11. The van der Waals surface area contributed by atoms with Gasteiger partial charge in [0.2, 0.25) is 0 Å². The quantitative estimate of drug-likeness (QED) is 0.236. The molecule has 10 heteroatoms. The van der Waals surface area contributed by atoms with Crippen LogP contribution in [0.4, 0.5) is 13.2 Å². The third-order valence-electron chi connectivity index (χ3n) is 6.38. The lowest BCUT2D eigenvalue weighted by Crippen LogP contribution is -2.40. The van der Waals surface area contributed by atoms with Gasteiger partial charge in [-0.05, 0) is 60.2 Å². The number of carbonyl (C=O) groups is 2. The van der Waals surface area contributed by atoms with E-state index >= 15 is 0 Å². The number of pyridine rings is 1. The van der Waals surface area contributed by atoms with E-state index in [4.69, 9.17) is 0 Å². The lowest BCUT2D eigenvalue weighted by atomic mass is 10.0. The molecule has 4 rings (SSSR count). The highest BCUT2D eigenvalue weighted by Gasteiger charge is 2.28. The van der Waals surface area contributed by atoms with Gasteiger partial charge in [-0.3, -0.25) is 14.4 Å². The van der Waals surface area contributed by atoms with Crippen molar-refractivity contribution in [3.05, 3.63) is 117 Å². The Labute approximate surface area is 215 Å². The summed E-state index contributed by atoms with van der Waals surface area (Å²) in [6.07, 6.45) is 2.88. The summed E-state index contributed by atoms with van der Waals surface area (Å²) in [5.41, 5.74) is -0.160. The van der Waals surface area contributed by atoms with Crippen LogP contribution in [0.15, 0.2) is 71.4 Å². The summed E-state index contributed by atoms with van der Waals surface area (Å²) in [4.78, 5) is 38.5. The van der Waals surface area contributed by atoms with E-state index in [9.17, 15) is 37.8 Å². The number of rotatable bonds is 8. The number of nitrogens with zero attached hydrogens (tertiary/aromatic N) is 1. The number of hydrogen-bond acceptors (Lipinski definition) is 5. The zero-order valence-corrected chi connectivity index (χ0v) is 20.2. The number of ketones is 1. The first-order chi connectivity index (χ1) is 18.1. The molecular formula is C28H25F3N2O5. The maximum atomic E-state index is 14.3. The third kappa shape index (κ3) is 6.38. The van der Waals surface area contributed by atoms with Crippen molar-refractivity contribution >= 4 is 11.7 Å². The summed E-state index contributed by atoms with van der Waals surface area (Å²) in [7, 11) is 0. The first kappa shape index (κ1) is 26.9. The number of hydrogen-bond donors (Lipinski definition) is 3. The molecule has 2 unspecified atom stereocenters. The van der Waals surface area contributed by atoms with Crippen LogP contribution in [0.1, 0.15) is 46.3 Å². The summed E-state index contributed by atoms with van der Waals surface area (Å²) in [5, 5.41) is 22.5. The molecule has 2 aromatic carbocycles. The van der Waals surface area contributed by atoms with Gasteiger partial charge in [-0.1, -0.05) is 18.2 Å². The highest BCUT2D eigenvalue weighted by Crippen LogP contribution is 2.19. The predicted octanol–water partition coefficient (Wildman–Crippen LogP) is 3.56. The van der Waals surface area contributed by atoms with Crippen molar-refractivity contribution in [1.29, 1.82) is 0 Å². The molecule has 38 heavy (non-hydrogen) atoms. The number of amides is 1. The molecule has 1 aliphatic carbocycles. The molecular weight excluding hydrogens is 501 g/mol. The fourth-order valence-electron chi connectivity index (χ4n) is 4.38. The van der Waals surface area contributed by atoms with Crippen LogP contribution < -0.4 is 10.9 Å². The molecule has 1 heterocycles. The van der Waals surface area contributed by atoms with Gasteiger partial charge in [-0.2, -0.15) is 0 Å². The van der Waals surface area contributed by atoms with Crippen LogP contribution in [-0.2, 0) is 17.8 Å². The van der Waals surface area contributed by atoms with Gasteiger partial charge in [0.1, 0.15) is 17.5 Å². The number of aliphatic hydroxyl groups is 2. The molecule has 7 nitrogen and oxygen atoms in total. The summed E-state index contributed by atoms with van der Waals surface area (Å²) in [6.45, 7) is -0.0467. The Bertz CT molecular complexity index is 1450. The molecule has 3 aromatic rings. The van der Waals surface area contributed by atoms with Crippen LogP contribution in [-0.4, -0.2) is 38.6 Å². The van der Waals surface area contributed by atoms with Crippen LogP contribution in [0.25, 0.3) is 0 Å². The van der Waals surface area contributed by atoms with E-state index in [1.54, 1.807) is 0 Å². The van der Waals surface area contributed by atoms with E-state index in [0.717, 1.165) is 12.1 Å². The Morgan fingerprint density at radius 3 is 2.37 bits per heavy atom. The number of carbonyl (C=O) groups excluding carboxylic acids is 2. The average Bonchev–Trinajstić information content (AvgIpc) is 3.28. The second-order valence-corrected chi connectivity index (χ2v) is 9.21.